The van der Waals surface area contributed by atoms with Gasteiger partial charge in [-0.05, 0) is 76.1 Å². The quantitative estimate of drug-likeness (QED) is 0.173. The molecule has 0 radical (unpaired) electrons. The number of nitrogens with zero attached hydrogens (tertiary/aromatic N) is 5. The third kappa shape index (κ3) is 5.44. The number of fused-ring (bicyclic) bond motifs is 12. The van der Waals surface area contributed by atoms with Gasteiger partial charge in [-0.25, -0.2) is 15.0 Å². The van der Waals surface area contributed by atoms with E-state index in [1.807, 2.05) is 0 Å². The summed E-state index contributed by atoms with van der Waals surface area (Å²) in [4.78, 5) is 15.4. The van der Waals surface area contributed by atoms with E-state index in [4.69, 9.17) is 19.4 Å². The Kier molecular flexibility index (Phi) is 7.59. The highest BCUT2D eigenvalue weighted by molar-refractivity contribution is 6.24. The first-order chi connectivity index (χ1) is 32.2. The molecule has 0 bridgehead atoms. The van der Waals surface area contributed by atoms with Gasteiger partial charge in [-0.1, -0.05) is 158 Å². The van der Waals surface area contributed by atoms with Crippen LogP contribution in [0, 0.1) is 0 Å². The van der Waals surface area contributed by atoms with Crippen molar-refractivity contribution in [1.82, 2.24) is 24.1 Å². The van der Waals surface area contributed by atoms with E-state index in [0.29, 0.717) is 17.5 Å². The topological polar surface area (TPSA) is 61.7 Å². The molecule has 0 spiro atoms. The van der Waals surface area contributed by atoms with Gasteiger partial charge in [0, 0.05) is 54.7 Å². The Morgan fingerprint density at radius 3 is 1.43 bits per heavy atom. The van der Waals surface area contributed by atoms with Crippen molar-refractivity contribution in [3.8, 4) is 45.5 Å². The number of rotatable bonds is 5. The molecule has 302 valence electrons. The molecule has 6 nitrogen and oxygen atoms in total. The fourth-order valence-electron chi connectivity index (χ4n) is 10.1. The van der Waals surface area contributed by atoms with Crippen molar-refractivity contribution in [3.05, 3.63) is 212 Å². The maximum atomic E-state index is 7.08. The number of benzene rings is 10. The van der Waals surface area contributed by atoms with Crippen molar-refractivity contribution >= 4 is 87.1 Å². The van der Waals surface area contributed by atoms with Crippen LogP contribution in [-0.2, 0) is 0 Å². The van der Waals surface area contributed by atoms with E-state index in [0.717, 1.165) is 77.3 Å². The molecule has 14 aromatic rings. The maximum absolute atomic E-state index is 7.08. The molecular weight excluding hydrogens is 795 g/mol. The van der Waals surface area contributed by atoms with Crippen LogP contribution in [0.1, 0.15) is 0 Å². The highest BCUT2D eigenvalue weighted by atomic mass is 16.3. The molecule has 0 saturated heterocycles. The van der Waals surface area contributed by atoms with Crippen molar-refractivity contribution in [2.45, 2.75) is 0 Å². The second-order valence-electron chi connectivity index (χ2n) is 16.8. The summed E-state index contributed by atoms with van der Waals surface area (Å²) >= 11 is 0. The second-order valence-corrected chi connectivity index (χ2v) is 16.8. The Bertz CT molecular complexity index is 4160. The zero-order chi connectivity index (χ0) is 42.6. The molecule has 14 rings (SSSR count). The summed E-state index contributed by atoms with van der Waals surface area (Å²) in [5, 5.41) is 11.4. The normalized spacial score (nSPS) is 12.0. The second kappa shape index (κ2) is 13.8. The molecule has 0 atom stereocenters. The van der Waals surface area contributed by atoms with Gasteiger partial charge in [-0.2, -0.15) is 0 Å². The van der Waals surface area contributed by atoms with Gasteiger partial charge >= 0.3 is 0 Å². The summed E-state index contributed by atoms with van der Waals surface area (Å²) < 4.78 is 11.9. The van der Waals surface area contributed by atoms with E-state index in [1.54, 1.807) is 0 Å². The first kappa shape index (κ1) is 35.7. The number of para-hydroxylation sites is 4. The molecule has 0 aliphatic heterocycles. The molecule has 65 heavy (non-hydrogen) atoms. The molecule has 0 aliphatic carbocycles. The van der Waals surface area contributed by atoms with Crippen LogP contribution < -0.4 is 0 Å². The molecule has 0 fully saturated rings. The van der Waals surface area contributed by atoms with Crippen LogP contribution >= 0.6 is 0 Å². The van der Waals surface area contributed by atoms with E-state index in [1.165, 1.54) is 37.8 Å². The summed E-state index contributed by atoms with van der Waals surface area (Å²) in [6.45, 7) is 0. The lowest BCUT2D eigenvalue weighted by molar-refractivity contribution is 0.666. The summed E-state index contributed by atoms with van der Waals surface area (Å²) in [7, 11) is 0. The van der Waals surface area contributed by atoms with Crippen LogP contribution in [0.25, 0.3) is 133 Å². The lowest BCUT2D eigenvalue weighted by Gasteiger charge is -2.12. The molecular formula is C59H35N5O. The van der Waals surface area contributed by atoms with E-state index < -0.39 is 0 Å². The Hall–Kier alpha value is -8.87. The van der Waals surface area contributed by atoms with E-state index in [2.05, 4.69) is 221 Å². The van der Waals surface area contributed by atoms with Crippen LogP contribution in [0.3, 0.4) is 0 Å². The molecule has 4 aromatic heterocycles. The summed E-state index contributed by atoms with van der Waals surface area (Å²) in [5.41, 5.74) is 10.9. The van der Waals surface area contributed by atoms with Crippen molar-refractivity contribution in [2.75, 3.05) is 0 Å². The summed E-state index contributed by atoms with van der Waals surface area (Å²) in [5.74, 6) is 1.80. The molecule has 0 N–H and O–H groups in total. The lowest BCUT2D eigenvalue weighted by atomic mass is 10.1. The minimum absolute atomic E-state index is 0.576. The monoisotopic (exact) mass is 829 g/mol. The van der Waals surface area contributed by atoms with Crippen molar-refractivity contribution in [3.63, 3.8) is 0 Å². The van der Waals surface area contributed by atoms with E-state index in [-0.39, 0.29) is 0 Å². The third-order valence-corrected chi connectivity index (χ3v) is 13.1. The van der Waals surface area contributed by atoms with Crippen LogP contribution in [0.15, 0.2) is 217 Å². The Labute approximate surface area is 371 Å². The fourth-order valence-corrected chi connectivity index (χ4v) is 10.1. The Balaban J connectivity index is 0.995. The average molecular weight is 830 g/mol. The first-order valence-electron chi connectivity index (χ1n) is 21.9. The maximum Gasteiger partial charge on any atom is 0.164 e. The first-order valence-corrected chi connectivity index (χ1v) is 21.9. The van der Waals surface area contributed by atoms with Crippen molar-refractivity contribution in [1.29, 1.82) is 0 Å². The van der Waals surface area contributed by atoms with E-state index in [9.17, 15) is 0 Å². The molecule has 0 amide bonds. The highest BCUT2D eigenvalue weighted by Crippen LogP contribution is 2.44. The Morgan fingerprint density at radius 2 is 0.800 bits per heavy atom. The number of hydrogen-bond acceptors (Lipinski definition) is 4. The highest BCUT2D eigenvalue weighted by Gasteiger charge is 2.24. The summed E-state index contributed by atoms with van der Waals surface area (Å²) in [6, 6.07) is 75.0. The molecule has 4 heterocycles. The van der Waals surface area contributed by atoms with Gasteiger partial charge in [0.2, 0.25) is 0 Å². The zero-order valence-corrected chi connectivity index (χ0v) is 34.9. The van der Waals surface area contributed by atoms with Gasteiger partial charge in [0.05, 0.1) is 27.8 Å². The fraction of sp³-hybridized carbons (Fsp3) is 0. The van der Waals surface area contributed by atoms with Gasteiger partial charge in [0.15, 0.2) is 23.1 Å². The smallest absolute Gasteiger partial charge is 0.164 e. The van der Waals surface area contributed by atoms with Crippen LogP contribution in [0.4, 0.5) is 0 Å². The molecule has 10 aromatic carbocycles. The molecule has 0 unspecified atom stereocenters. The van der Waals surface area contributed by atoms with E-state index >= 15 is 0 Å². The number of furan rings is 1. The van der Waals surface area contributed by atoms with Crippen LogP contribution in [0.2, 0.25) is 0 Å². The summed E-state index contributed by atoms with van der Waals surface area (Å²) in [6.07, 6.45) is 0. The minimum Gasteiger partial charge on any atom is -0.454 e. The van der Waals surface area contributed by atoms with Crippen molar-refractivity contribution in [2.24, 2.45) is 0 Å². The van der Waals surface area contributed by atoms with Gasteiger partial charge in [0.25, 0.3) is 0 Å². The number of hydrogen-bond donors (Lipinski definition) is 0. The number of aromatic nitrogens is 5. The van der Waals surface area contributed by atoms with Gasteiger partial charge in [-0.3, -0.25) is 0 Å². The SMILES string of the molecule is c1ccc(-n2c3ccccc3c3ccc4c5ccccc5n(-c5cccc6c5oc5cc(-c7nc(-c8ccc9ccccc9c8)nc(-c8ccc9ccccc9c8)n7)ccc56)c4c32)cc1. The van der Waals surface area contributed by atoms with Crippen LogP contribution in [-0.4, -0.2) is 24.1 Å². The standard InChI is InChI=1S/C59H35N5O/c1-2-17-43(18-3-1)63-50-22-10-8-19-44(50)47-31-32-48-45-20-9-11-23-51(45)64(55(48)54(47)63)52-24-12-21-49-46-30-29-42(35-53(46)65-56(49)52)59-61-57(40-27-25-36-13-4-6-15-38(36)33-40)60-58(62-59)41-28-26-37-14-5-7-16-39(37)34-41/h1-35H. The predicted octanol–water partition coefficient (Wildman–Crippen LogP) is 15.3. The van der Waals surface area contributed by atoms with Gasteiger partial charge < -0.3 is 13.6 Å². The lowest BCUT2D eigenvalue weighted by Crippen LogP contribution is -2.00. The Morgan fingerprint density at radius 1 is 0.323 bits per heavy atom. The molecule has 0 aliphatic rings. The largest absolute Gasteiger partial charge is 0.454 e. The molecule has 6 heteroatoms. The van der Waals surface area contributed by atoms with Gasteiger partial charge in [-0.15, -0.1) is 0 Å². The van der Waals surface area contributed by atoms with Crippen LogP contribution in [0.5, 0.6) is 0 Å². The predicted molar refractivity (Wildman–Crippen MR) is 267 cm³/mol. The molecule has 0 saturated carbocycles. The minimum atomic E-state index is 0.576. The van der Waals surface area contributed by atoms with Gasteiger partial charge in [0.1, 0.15) is 5.58 Å². The third-order valence-electron chi connectivity index (χ3n) is 13.1. The average Bonchev–Trinajstić information content (AvgIpc) is 4.04. The zero-order valence-electron chi connectivity index (χ0n) is 34.9. The van der Waals surface area contributed by atoms with Crippen molar-refractivity contribution < 1.29 is 4.42 Å².